The van der Waals surface area contributed by atoms with E-state index in [-0.39, 0.29) is 5.78 Å². The van der Waals surface area contributed by atoms with E-state index >= 15 is 0 Å². The molecule has 0 radical (unpaired) electrons. The predicted octanol–water partition coefficient (Wildman–Crippen LogP) is 6.59. The summed E-state index contributed by atoms with van der Waals surface area (Å²) in [6.45, 7) is 0. The van der Waals surface area contributed by atoms with Gasteiger partial charge < -0.3 is 10.1 Å². The van der Waals surface area contributed by atoms with Crippen molar-refractivity contribution in [1.82, 2.24) is 0 Å². The van der Waals surface area contributed by atoms with Crippen LogP contribution in [0.5, 0.6) is 11.5 Å². The fourth-order valence-corrected chi connectivity index (χ4v) is 2.50. The monoisotopic (exact) mass is 383 g/mol. The van der Waals surface area contributed by atoms with Crippen molar-refractivity contribution >= 4 is 34.7 Å². The van der Waals surface area contributed by atoms with Crippen LogP contribution in [0.2, 0.25) is 10.0 Å². The molecule has 3 rings (SSSR count). The number of carbonyl (C=O) groups excluding carboxylic acids is 1. The van der Waals surface area contributed by atoms with Crippen molar-refractivity contribution < 1.29 is 9.53 Å². The van der Waals surface area contributed by atoms with Crippen LogP contribution >= 0.6 is 23.2 Å². The Labute approximate surface area is 161 Å². The summed E-state index contributed by atoms with van der Waals surface area (Å²) in [5, 5.41) is 4.20. The summed E-state index contributed by atoms with van der Waals surface area (Å²) in [7, 11) is 0. The van der Waals surface area contributed by atoms with E-state index in [0.29, 0.717) is 27.1 Å². The average Bonchev–Trinajstić information content (AvgIpc) is 2.65. The summed E-state index contributed by atoms with van der Waals surface area (Å²) in [5.74, 6) is 1.17. The Morgan fingerprint density at radius 1 is 0.885 bits per heavy atom. The summed E-state index contributed by atoms with van der Waals surface area (Å²) in [4.78, 5) is 12.0. The maximum absolute atomic E-state index is 12.0. The molecule has 3 nitrogen and oxygen atoms in total. The molecule has 0 aliphatic rings. The van der Waals surface area contributed by atoms with Gasteiger partial charge in [-0.2, -0.15) is 0 Å². The third-order valence-corrected chi connectivity index (χ3v) is 4.10. The van der Waals surface area contributed by atoms with Crippen LogP contribution < -0.4 is 10.1 Å². The van der Waals surface area contributed by atoms with E-state index in [0.717, 1.165) is 5.69 Å². The first-order valence-electron chi connectivity index (χ1n) is 7.87. The Balaban J connectivity index is 1.58. The summed E-state index contributed by atoms with van der Waals surface area (Å²) in [6.07, 6.45) is 3.07. The number of carbonyl (C=O) groups is 1. The third-order valence-electron chi connectivity index (χ3n) is 3.53. The number of anilines is 1. The van der Waals surface area contributed by atoms with Gasteiger partial charge >= 0.3 is 0 Å². The van der Waals surface area contributed by atoms with Crippen molar-refractivity contribution in [3.63, 3.8) is 0 Å². The number of ketones is 1. The number of halogens is 2. The number of ether oxygens (including phenoxy) is 1. The van der Waals surface area contributed by atoms with Crippen molar-refractivity contribution in [2.45, 2.75) is 0 Å². The Morgan fingerprint density at radius 2 is 1.58 bits per heavy atom. The maximum Gasteiger partial charge on any atom is 0.187 e. The molecule has 0 saturated carbocycles. The van der Waals surface area contributed by atoms with E-state index in [1.165, 1.54) is 6.08 Å². The number of hydrogen-bond donors (Lipinski definition) is 1. The number of hydrogen-bond acceptors (Lipinski definition) is 3. The number of para-hydroxylation sites is 1. The molecule has 1 N–H and O–H groups in total. The fourth-order valence-electron chi connectivity index (χ4n) is 2.20. The van der Waals surface area contributed by atoms with Gasteiger partial charge in [-0.05, 0) is 60.7 Å². The first kappa shape index (κ1) is 18.1. The van der Waals surface area contributed by atoms with E-state index < -0.39 is 0 Å². The number of nitrogens with one attached hydrogen (secondary N) is 1. The van der Waals surface area contributed by atoms with Crippen molar-refractivity contribution in [2.24, 2.45) is 0 Å². The summed E-state index contributed by atoms with van der Waals surface area (Å²) in [5.41, 5.74) is 1.41. The first-order valence-corrected chi connectivity index (χ1v) is 8.63. The van der Waals surface area contributed by atoms with Gasteiger partial charge in [-0.1, -0.05) is 35.3 Å². The molecule has 3 aromatic carbocycles. The van der Waals surface area contributed by atoms with Crippen molar-refractivity contribution in [3.05, 3.63) is 101 Å². The van der Waals surface area contributed by atoms with Gasteiger partial charge in [-0.25, -0.2) is 0 Å². The molecule has 0 saturated heterocycles. The molecular formula is C21H15Cl2NO2. The molecule has 0 aliphatic carbocycles. The maximum atomic E-state index is 12.0. The molecule has 5 heteroatoms. The van der Waals surface area contributed by atoms with Gasteiger partial charge in [0.15, 0.2) is 5.78 Å². The zero-order valence-electron chi connectivity index (χ0n) is 13.7. The average molecular weight is 384 g/mol. The second-order valence-corrected chi connectivity index (χ2v) is 6.25. The highest BCUT2D eigenvalue weighted by molar-refractivity contribution is 6.32. The lowest BCUT2D eigenvalue weighted by Gasteiger charge is -2.08. The van der Waals surface area contributed by atoms with Gasteiger partial charge in [0, 0.05) is 28.5 Å². The largest absolute Gasteiger partial charge is 0.456 e. The molecule has 3 aromatic rings. The molecule has 0 spiro atoms. The van der Waals surface area contributed by atoms with Crippen LogP contribution in [0.1, 0.15) is 10.4 Å². The normalized spacial score (nSPS) is 10.7. The highest BCUT2D eigenvalue weighted by atomic mass is 35.5. The molecule has 0 atom stereocenters. The minimum absolute atomic E-state index is 0.104. The zero-order valence-corrected chi connectivity index (χ0v) is 15.2. The van der Waals surface area contributed by atoms with Crippen LogP contribution in [0.15, 0.2) is 85.1 Å². The van der Waals surface area contributed by atoms with Crippen LogP contribution in [-0.4, -0.2) is 5.78 Å². The highest BCUT2D eigenvalue weighted by Gasteiger charge is 2.02. The van der Waals surface area contributed by atoms with E-state index in [1.807, 2.05) is 36.4 Å². The molecule has 0 bridgehead atoms. The quantitative estimate of drug-likeness (QED) is 0.385. The first-order chi connectivity index (χ1) is 12.6. The molecule has 0 heterocycles. The van der Waals surface area contributed by atoms with Crippen LogP contribution in [-0.2, 0) is 0 Å². The van der Waals surface area contributed by atoms with Gasteiger partial charge in [0.05, 0.1) is 5.02 Å². The van der Waals surface area contributed by atoms with E-state index in [1.54, 1.807) is 42.6 Å². The topological polar surface area (TPSA) is 38.3 Å². The molecule has 0 aromatic heterocycles. The van der Waals surface area contributed by atoms with Crippen molar-refractivity contribution in [1.29, 1.82) is 0 Å². The SMILES string of the molecule is O=C(/C=C/Nc1ccc(Oc2ccccc2Cl)cc1)c1ccc(Cl)cc1. The smallest absolute Gasteiger partial charge is 0.187 e. The van der Waals surface area contributed by atoms with Crippen LogP contribution in [0, 0.1) is 0 Å². The summed E-state index contributed by atoms with van der Waals surface area (Å²) >= 11 is 11.9. The van der Waals surface area contributed by atoms with Gasteiger partial charge in [-0.3, -0.25) is 4.79 Å². The van der Waals surface area contributed by atoms with Crippen LogP contribution in [0.3, 0.4) is 0 Å². The minimum Gasteiger partial charge on any atom is -0.456 e. The Hall–Kier alpha value is -2.75. The number of rotatable bonds is 6. The molecular weight excluding hydrogens is 369 g/mol. The lowest BCUT2D eigenvalue weighted by Crippen LogP contribution is -1.96. The fraction of sp³-hybridized carbons (Fsp3) is 0. The molecule has 0 fully saturated rings. The van der Waals surface area contributed by atoms with Crippen LogP contribution in [0.25, 0.3) is 0 Å². The van der Waals surface area contributed by atoms with E-state index in [9.17, 15) is 4.79 Å². The molecule has 0 unspecified atom stereocenters. The molecule has 0 amide bonds. The third kappa shape index (κ3) is 4.88. The standard InChI is InChI=1S/C21H15Cl2NO2/c22-16-7-5-15(6-8-16)20(25)13-14-24-17-9-11-18(12-10-17)26-21-4-2-1-3-19(21)23/h1-14,24H/b14-13+. The van der Waals surface area contributed by atoms with Gasteiger partial charge in [0.25, 0.3) is 0 Å². The van der Waals surface area contributed by atoms with Gasteiger partial charge in [0.2, 0.25) is 0 Å². The lowest BCUT2D eigenvalue weighted by atomic mass is 10.1. The molecule has 26 heavy (non-hydrogen) atoms. The minimum atomic E-state index is -0.104. The van der Waals surface area contributed by atoms with Gasteiger partial charge in [-0.15, -0.1) is 0 Å². The molecule has 0 aliphatic heterocycles. The van der Waals surface area contributed by atoms with Gasteiger partial charge in [0.1, 0.15) is 11.5 Å². The second-order valence-electron chi connectivity index (χ2n) is 5.41. The Bertz CT molecular complexity index is 920. The summed E-state index contributed by atoms with van der Waals surface area (Å²) < 4.78 is 5.73. The second kappa shape index (κ2) is 8.56. The Morgan fingerprint density at radius 3 is 2.27 bits per heavy atom. The zero-order chi connectivity index (χ0) is 18.4. The lowest BCUT2D eigenvalue weighted by molar-refractivity contribution is 0.104. The van der Waals surface area contributed by atoms with Crippen molar-refractivity contribution in [3.8, 4) is 11.5 Å². The number of allylic oxidation sites excluding steroid dienone is 1. The highest BCUT2D eigenvalue weighted by Crippen LogP contribution is 2.29. The predicted molar refractivity (Wildman–Crippen MR) is 107 cm³/mol. The van der Waals surface area contributed by atoms with E-state index in [4.69, 9.17) is 27.9 Å². The summed E-state index contributed by atoms with van der Waals surface area (Å²) in [6, 6.07) is 21.4. The van der Waals surface area contributed by atoms with Crippen molar-refractivity contribution in [2.75, 3.05) is 5.32 Å². The number of benzene rings is 3. The Kier molecular flexibility index (Phi) is 5.95. The van der Waals surface area contributed by atoms with Crippen LogP contribution in [0.4, 0.5) is 5.69 Å². The molecule has 130 valence electrons. The van der Waals surface area contributed by atoms with E-state index in [2.05, 4.69) is 5.32 Å².